The average molecular weight is 408 g/mol. The number of nitrogens with one attached hydrogen (secondary N) is 2. The Morgan fingerprint density at radius 3 is 2.21 bits per heavy atom. The molecule has 0 aliphatic rings. The third kappa shape index (κ3) is 5.52. The van der Waals surface area contributed by atoms with Crippen LogP contribution in [0.2, 0.25) is 0 Å². The van der Waals surface area contributed by atoms with Crippen molar-refractivity contribution in [1.82, 2.24) is 5.32 Å². The highest BCUT2D eigenvalue weighted by atomic mass is 32.1. The van der Waals surface area contributed by atoms with Crippen LogP contribution in [0.5, 0.6) is 0 Å². The van der Waals surface area contributed by atoms with E-state index in [0.717, 1.165) is 4.88 Å². The Kier molecular flexibility index (Phi) is 6.76. The summed E-state index contributed by atoms with van der Waals surface area (Å²) in [6.45, 7) is 0. The Morgan fingerprint density at radius 1 is 0.897 bits per heavy atom. The largest absolute Gasteiger partial charge is 0.469 e. The van der Waals surface area contributed by atoms with Gasteiger partial charge in [0.05, 0.1) is 19.6 Å². The number of ether oxygens (including phenoxy) is 1. The first-order valence-electron chi connectivity index (χ1n) is 8.94. The number of esters is 1. The van der Waals surface area contributed by atoms with Crippen LogP contribution in [0.3, 0.4) is 0 Å². The molecule has 29 heavy (non-hydrogen) atoms. The lowest BCUT2D eigenvalue weighted by atomic mass is 10.1. The summed E-state index contributed by atoms with van der Waals surface area (Å²) in [6.07, 6.45) is 0.0496. The van der Waals surface area contributed by atoms with E-state index in [-0.39, 0.29) is 18.2 Å². The van der Waals surface area contributed by atoms with E-state index in [2.05, 4.69) is 10.6 Å². The maximum absolute atomic E-state index is 12.6. The molecule has 0 fully saturated rings. The van der Waals surface area contributed by atoms with E-state index in [4.69, 9.17) is 4.74 Å². The molecule has 0 aliphatic heterocycles. The van der Waals surface area contributed by atoms with Crippen molar-refractivity contribution in [2.75, 3.05) is 12.4 Å². The summed E-state index contributed by atoms with van der Waals surface area (Å²) in [5.41, 5.74) is 1.56. The van der Waals surface area contributed by atoms with Gasteiger partial charge in [-0.1, -0.05) is 24.3 Å². The fraction of sp³-hybridized carbons (Fsp3) is 0.136. The van der Waals surface area contributed by atoms with Gasteiger partial charge in [-0.25, -0.2) is 0 Å². The zero-order valence-electron chi connectivity index (χ0n) is 15.8. The standard InChI is InChI=1S/C22H20N2O4S/c1-28-20(25)14-18(19-8-5-13-29-19)24-22(27)16-9-11-17(12-10-16)23-21(26)15-6-3-2-4-7-15/h2-13,18H,14H2,1H3,(H,23,26)(H,24,27). The van der Waals surface area contributed by atoms with Crippen LogP contribution in [0, 0.1) is 0 Å². The average Bonchev–Trinajstić information content (AvgIpc) is 3.29. The Morgan fingerprint density at radius 2 is 1.59 bits per heavy atom. The second-order valence-corrected chi connectivity index (χ2v) is 7.20. The van der Waals surface area contributed by atoms with Gasteiger partial charge in [0, 0.05) is 21.7 Å². The smallest absolute Gasteiger partial charge is 0.307 e. The molecular formula is C22H20N2O4S. The van der Waals surface area contributed by atoms with Crippen LogP contribution < -0.4 is 10.6 Å². The topological polar surface area (TPSA) is 84.5 Å². The second kappa shape index (κ2) is 9.66. The molecule has 1 atom stereocenters. The Hall–Kier alpha value is -3.45. The first-order valence-corrected chi connectivity index (χ1v) is 9.82. The summed E-state index contributed by atoms with van der Waals surface area (Å²) in [6, 6.07) is 18.7. The number of hydrogen-bond acceptors (Lipinski definition) is 5. The second-order valence-electron chi connectivity index (χ2n) is 6.22. The molecule has 3 rings (SSSR count). The highest BCUT2D eigenvalue weighted by molar-refractivity contribution is 7.10. The minimum absolute atomic E-state index is 0.0496. The molecule has 148 valence electrons. The highest BCUT2D eigenvalue weighted by Crippen LogP contribution is 2.23. The lowest BCUT2D eigenvalue weighted by Gasteiger charge is -2.16. The Bertz CT molecular complexity index is 970. The highest BCUT2D eigenvalue weighted by Gasteiger charge is 2.20. The predicted molar refractivity (Wildman–Crippen MR) is 112 cm³/mol. The summed E-state index contributed by atoms with van der Waals surface area (Å²) in [5.74, 6) is -0.936. The molecule has 7 heteroatoms. The normalized spacial score (nSPS) is 11.3. The molecule has 2 N–H and O–H groups in total. The van der Waals surface area contributed by atoms with Crippen LogP contribution in [0.1, 0.15) is 38.1 Å². The van der Waals surface area contributed by atoms with E-state index in [1.165, 1.54) is 18.4 Å². The van der Waals surface area contributed by atoms with E-state index in [1.807, 2.05) is 23.6 Å². The van der Waals surface area contributed by atoms with Crippen LogP contribution in [0.25, 0.3) is 0 Å². The van der Waals surface area contributed by atoms with Crippen LogP contribution in [-0.2, 0) is 9.53 Å². The van der Waals surface area contributed by atoms with Gasteiger partial charge in [0.2, 0.25) is 0 Å². The van der Waals surface area contributed by atoms with Crippen molar-refractivity contribution in [2.24, 2.45) is 0 Å². The van der Waals surface area contributed by atoms with Crippen LogP contribution in [0.15, 0.2) is 72.1 Å². The van der Waals surface area contributed by atoms with Gasteiger partial charge >= 0.3 is 5.97 Å². The SMILES string of the molecule is COC(=O)CC(NC(=O)c1ccc(NC(=O)c2ccccc2)cc1)c1cccs1. The number of hydrogen-bond donors (Lipinski definition) is 2. The molecule has 1 heterocycles. The monoisotopic (exact) mass is 408 g/mol. The van der Waals surface area contributed by atoms with Gasteiger partial charge in [-0.2, -0.15) is 0 Å². The van der Waals surface area contributed by atoms with Gasteiger partial charge < -0.3 is 15.4 Å². The number of thiophene rings is 1. The van der Waals surface area contributed by atoms with Crippen molar-refractivity contribution in [3.05, 3.63) is 88.1 Å². The molecule has 0 radical (unpaired) electrons. The summed E-state index contributed by atoms with van der Waals surface area (Å²) >= 11 is 1.46. The number of anilines is 1. The van der Waals surface area contributed by atoms with Gasteiger partial charge in [-0.05, 0) is 47.8 Å². The Balaban J connectivity index is 1.66. The molecule has 0 saturated heterocycles. The first-order chi connectivity index (χ1) is 14.1. The molecule has 3 aromatic rings. The van der Waals surface area contributed by atoms with Gasteiger partial charge in [0.25, 0.3) is 11.8 Å². The van der Waals surface area contributed by atoms with E-state index < -0.39 is 12.0 Å². The lowest BCUT2D eigenvalue weighted by molar-refractivity contribution is -0.141. The van der Waals surface area contributed by atoms with Crippen molar-refractivity contribution in [2.45, 2.75) is 12.5 Å². The van der Waals surface area contributed by atoms with Crippen molar-refractivity contribution < 1.29 is 19.1 Å². The Labute approximate surface area is 172 Å². The maximum Gasteiger partial charge on any atom is 0.307 e. The summed E-state index contributed by atoms with van der Waals surface area (Å²) in [4.78, 5) is 37.4. The molecule has 0 spiro atoms. The fourth-order valence-corrected chi connectivity index (χ4v) is 3.48. The van der Waals surface area contributed by atoms with Gasteiger partial charge in [0.1, 0.15) is 0 Å². The molecule has 2 aromatic carbocycles. The first kappa shape index (κ1) is 20.3. The predicted octanol–water partition coefficient (Wildman–Crippen LogP) is 4.03. The molecule has 1 aromatic heterocycles. The molecule has 6 nitrogen and oxygen atoms in total. The summed E-state index contributed by atoms with van der Waals surface area (Å²) in [7, 11) is 1.32. The van der Waals surface area contributed by atoms with E-state index >= 15 is 0 Å². The van der Waals surface area contributed by atoms with Crippen molar-refractivity contribution in [3.63, 3.8) is 0 Å². The third-order valence-corrected chi connectivity index (χ3v) is 5.22. The molecule has 2 amide bonds. The van der Waals surface area contributed by atoms with E-state index in [1.54, 1.807) is 48.5 Å². The molecule has 0 saturated carbocycles. The minimum Gasteiger partial charge on any atom is -0.469 e. The van der Waals surface area contributed by atoms with Gasteiger partial charge in [0.15, 0.2) is 0 Å². The number of benzene rings is 2. The third-order valence-electron chi connectivity index (χ3n) is 4.23. The number of carbonyl (C=O) groups is 3. The number of carbonyl (C=O) groups excluding carboxylic acids is 3. The molecule has 0 aliphatic carbocycles. The number of methoxy groups -OCH3 is 1. The van der Waals surface area contributed by atoms with Gasteiger partial charge in [-0.3, -0.25) is 14.4 Å². The zero-order chi connectivity index (χ0) is 20.6. The van der Waals surface area contributed by atoms with Crippen molar-refractivity contribution in [3.8, 4) is 0 Å². The number of amides is 2. The minimum atomic E-state index is -0.465. The van der Waals surface area contributed by atoms with Crippen LogP contribution in [0.4, 0.5) is 5.69 Å². The molecule has 1 unspecified atom stereocenters. The molecular weight excluding hydrogens is 388 g/mol. The van der Waals surface area contributed by atoms with Gasteiger partial charge in [-0.15, -0.1) is 11.3 Å². The molecule has 0 bridgehead atoms. The maximum atomic E-state index is 12.6. The van der Waals surface area contributed by atoms with Crippen LogP contribution >= 0.6 is 11.3 Å². The zero-order valence-corrected chi connectivity index (χ0v) is 16.6. The summed E-state index contributed by atoms with van der Waals surface area (Å²) in [5, 5.41) is 7.55. The quantitative estimate of drug-likeness (QED) is 0.578. The number of rotatable bonds is 7. The van der Waals surface area contributed by atoms with Crippen molar-refractivity contribution >= 4 is 34.8 Å². The van der Waals surface area contributed by atoms with Crippen molar-refractivity contribution in [1.29, 1.82) is 0 Å². The van der Waals surface area contributed by atoms with Crippen LogP contribution in [-0.4, -0.2) is 24.9 Å². The fourth-order valence-electron chi connectivity index (χ4n) is 2.70. The lowest BCUT2D eigenvalue weighted by Crippen LogP contribution is -2.30. The van der Waals surface area contributed by atoms with E-state index in [0.29, 0.717) is 16.8 Å². The summed E-state index contributed by atoms with van der Waals surface area (Å²) < 4.78 is 4.73. The van der Waals surface area contributed by atoms with E-state index in [9.17, 15) is 14.4 Å².